The first-order valence-corrected chi connectivity index (χ1v) is 13.5. The van der Waals surface area contributed by atoms with Gasteiger partial charge in [-0.05, 0) is 45.0 Å². The van der Waals surface area contributed by atoms with Crippen LogP contribution in [0.2, 0.25) is 0 Å². The summed E-state index contributed by atoms with van der Waals surface area (Å²) in [6.07, 6.45) is 0.892. The number of benzene rings is 2. The van der Waals surface area contributed by atoms with E-state index in [9.17, 15) is 9.18 Å². The van der Waals surface area contributed by atoms with Crippen LogP contribution >= 0.6 is 11.8 Å². The van der Waals surface area contributed by atoms with Gasteiger partial charge in [0.2, 0.25) is 11.1 Å². The average Bonchev–Trinajstić information content (AvgIpc) is 3.20. The number of carbonyl (C=O) groups is 1. The van der Waals surface area contributed by atoms with E-state index < -0.39 is 0 Å². The van der Waals surface area contributed by atoms with Crippen molar-refractivity contribution < 1.29 is 13.9 Å². The van der Waals surface area contributed by atoms with Crippen LogP contribution in [-0.4, -0.2) is 75.2 Å². The van der Waals surface area contributed by atoms with Crippen LogP contribution in [0.4, 0.5) is 4.39 Å². The topological polar surface area (TPSA) is 85.2 Å². The quantitative estimate of drug-likeness (QED) is 0.264. The summed E-state index contributed by atoms with van der Waals surface area (Å²) in [5.41, 5.74) is 3.87. The number of thioether (sulfide) groups is 1. The highest BCUT2D eigenvalue weighted by molar-refractivity contribution is 8.00. The summed E-state index contributed by atoms with van der Waals surface area (Å²) in [5.74, 6) is -0.321. The molecule has 1 amide bonds. The number of aryl methyl sites for hydroxylation is 1. The Balaban J connectivity index is 1.31. The minimum Gasteiger partial charge on any atom is -0.379 e. The first-order chi connectivity index (χ1) is 18.0. The fourth-order valence-electron chi connectivity index (χ4n) is 4.56. The van der Waals surface area contributed by atoms with Crippen molar-refractivity contribution in [1.29, 1.82) is 0 Å². The number of hydrogen-bond donors (Lipinski definition) is 1. The molecule has 3 heterocycles. The van der Waals surface area contributed by atoms with Gasteiger partial charge in [0.05, 0.1) is 30.5 Å². The maximum Gasteiger partial charge on any atom is 0.233 e. The van der Waals surface area contributed by atoms with E-state index >= 15 is 0 Å². The van der Waals surface area contributed by atoms with Crippen LogP contribution in [0.1, 0.15) is 24.5 Å². The molecule has 8 nitrogen and oxygen atoms in total. The summed E-state index contributed by atoms with van der Waals surface area (Å²) >= 11 is 1.27. The number of ether oxygens (including phenoxy) is 1. The molecule has 1 fully saturated rings. The molecule has 0 bridgehead atoms. The highest BCUT2D eigenvalue weighted by Crippen LogP contribution is 2.30. The van der Waals surface area contributed by atoms with Crippen molar-refractivity contribution in [1.82, 2.24) is 30.0 Å². The third-order valence-electron chi connectivity index (χ3n) is 6.59. The summed E-state index contributed by atoms with van der Waals surface area (Å²) < 4.78 is 21.8. The van der Waals surface area contributed by atoms with Crippen LogP contribution < -0.4 is 5.32 Å². The molecule has 1 atom stereocenters. The number of fused-ring (bicyclic) bond motifs is 3. The van der Waals surface area contributed by atoms with Crippen molar-refractivity contribution in [3.8, 4) is 0 Å². The lowest BCUT2D eigenvalue weighted by atomic mass is 10.1. The fraction of sp³-hybridized carbons (Fsp3) is 0.407. The number of amides is 1. The molecule has 0 spiro atoms. The molecule has 1 aliphatic heterocycles. The largest absolute Gasteiger partial charge is 0.379 e. The van der Waals surface area contributed by atoms with Crippen LogP contribution in [0.25, 0.3) is 22.1 Å². The van der Waals surface area contributed by atoms with E-state index in [0.29, 0.717) is 35.0 Å². The Kier molecular flexibility index (Phi) is 7.97. The maximum atomic E-state index is 14.5. The number of nitrogens with zero attached hydrogens (tertiary/aromatic N) is 5. The predicted octanol–water partition coefficient (Wildman–Crippen LogP) is 3.79. The van der Waals surface area contributed by atoms with Crippen molar-refractivity contribution in [3.05, 3.63) is 59.4 Å². The zero-order valence-corrected chi connectivity index (χ0v) is 21.9. The second kappa shape index (κ2) is 11.5. The van der Waals surface area contributed by atoms with E-state index in [1.807, 2.05) is 42.7 Å². The minimum absolute atomic E-state index is 0.0572. The Labute approximate surface area is 219 Å². The van der Waals surface area contributed by atoms with Crippen molar-refractivity contribution in [3.63, 3.8) is 0 Å². The number of aromatic nitrogens is 4. The molecule has 37 heavy (non-hydrogen) atoms. The Hall–Kier alpha value is -3.08. The molecule has 1 unspecified atom stereocenters. The molecule has 1 saturated heterocycles. The first-order valence-electron chi connectivity index (χ1n) is 12.6. The summed E-state index contributed by atoms with van der Waals surface area (Å²) in [6.45, 7) is 9.18. The highest BCUT2D eigenvalue weighted by Gasteiger charge is 2.20. The third-order valence-corrected chi connectivity index (χ3v) is 7.55. The summed E-state index contributed by atoms with van der Waals surface area (Å²) in [5, 5.41) is 12.8. The number of rotatable bonds is 9. The van der Waals surface area contributed by atoms with Gasteiger partial charge in [0, 0.05) is 30.6 Å². The van der Waals surface area contributed by atoms with Gasteiger partial charge in [-0.1, -0.05) is 41.6 Å². The third kappa shape index (κ3) is 5.92. The smallest absolute Gasteiger partial charge is 0.233 e. The second-order valence-electron chi connectivity index (χ2n) is 9.32. The van der Waals surface area contributed by atoms with Gasteiger partial charge >= 0.3 is 0 Å². The van der Waals surface area contributed by atoms with Gasteiger partial charge in [-0.2, -0.15) is 0 Å². The Morgan fingerprint density at radius 2 is 2.00 bits per heavy atom. The summed E-state index contributed by atoms with van der Waals surface area (Å²) in [6, 6.07) is 12.8. The molecule has 5 rings (SSSR count). The van der Waals surface area contributed by atoms with Crippen LogP contribution in [-0.2, 0) is 16.1 Å². The molecular weight excluding hydrogens is 491 g/mol. The Morgan fingerprint density at radius 3 is 2.81 bits per heavy atom. The highest BCUT2D eigenvalue weighted by atomic mass is 32.2. The van der Waals surface area contributed by atoms with Gasteiger partial charge < -0.3 is 14.6 Å². The van der Waals surface area contributed by atoms with Crippen molar-refractivity contribution >= 4 is 39.7 Å². The normalized spacial score (nSPS) is 15.3. The Morgan fingerprint density at radius 1 is 1.19 bits per heavy atom. The van der Waals surface area contributed by atoms with Gasteiger partial charge in [0.25, 0.3) is 0 Å². The number of nitrogens with one attached hydrogen (secondary N) is 1. The summed E-state index contributed by atoms with van der Waals surface area (Å²) in [4.78, 5) is 19.8. The van der Waals surface area contributed by atoms with Gasteiger partial charge in [-0.3, -0.25) is 9.69 Å². The molecule has 1 N–H and O–H groups in total. The van der Waals surface area contributed by atoms with E-state index in [4.69, 9.17) is 9.72 Å². The number of morpholine rings is 1. The fourth-order valence-corrected chi connectivity index (χ4v) is 5.29. The number of carbonyl (C=O) groups excluding carboxylic acids is 1. The molecule has 0 saturated carbocycles. The van der Waals surface area contributed by atoms with Crippen LogP contribution in [0.3, 0.4) is 0 Å². The standard InChI is InChI=1S/C27H31FN6O2S/c1-18-8-9-23-21(16-18)24-25(34(23)17-20-6-3-4-7-22(20)28)30-27(32-31-24)37-19(2)26(35)29-10-5-11-33-12-14-36-15-13-33/h3-4,6-9,16,19H,5,10-15,17H2,1-2H3,(H,29,35). The molecule has 0 aliphatic carbocycles. The molecular formula is C27H31FN6O2S. The van der Waals surface area contributed by atoms with Gasteiger partial charge in [-0.25, -0.2) is 9.37 Å². The molecule has 2 aromatic carbocycles. The molecule has 194 valence electrons. The molecule has 1 aliphatic rings. The maximum absolute atomic E-state index is 14.5. The van der Waals surface area contributed by atoms with Crippen molar-refractivity contribution in [2.45, 2.75) is 37.2 Å². The number of hydrogen-bond acceptors (Lipinski definition) is 7. The van der Waals surface area contributed by atoms with E-state index in [1.54, 1.807) is 12.1 Å². The van der Waals surface area contributed by atoms with Crippen molar-refractivity contribution in [2.75, 3.05) is 39.4 Å². The van der Waals surface area contributed by atoms with E-state index in [0.717, 1.165) is 55.7 Å². The lowest BCUT2D eigenvalue weighted by Gasteiger charge is -2.26. The molecule has 2 aromatic heterocycles. The van der Waals surface area contributed by atoms with Crippen LogP contribution in [0.5, 0.6) is 0 Å². The average molecular weight is 523 g/mol. The summed E-state index contributed by atoms with van der Waals surface area (Å²) in [7, 11) is 0. The van der Waals surface area contributed by atoms with Gasteiger partial charge in [0.1, 0.15) is 11.3 Å². The predicted molar refractivity (Wildman–Crippen MR) is 143 cm³/mol. The van der Waals surface area contributed by atoms with Crippen molar-refractivity contribution in [2.24, 2.45) is 0 Å². The Bertz CT molecular complexity index is 1400. The van der Waals surface area contributed by atoms with E-state index in [2.05, 4.69) is 20.4 Å². The monoisotopic (exact) mass is 522 g/mol. The molecule has 0 radical (unpaired) electrons. The molecule has 10 heteroatoms. The van der Waals surface area contributed by atoms with Crippen LogP contribution in [0, 0.1) is 12.7 Å². The van der Waals surface area contributed by atoms with Gasteiger partial charge in [0.15, 0.2) is 5.65 Å². The van der Waals surface area contributed by atoms with E-state index in [-0.39, 0.29) is 17.0 Å². The molecule has 4 aromatic rings. The first kappa shape index (κ1) is 25.6. The minimum atomic E-state index is -0.380. The lowest BCUT2D eigenvalue weighted by molar-refractivity contribution is -0.120. The van der Waals surface area contributed by atoms with Crippen LogP contribution in [0.15, 0.2) is 47.6 Å². The van der Waals surface area contributed by atoms with E-state index in [1.165, 1.54) is 17.8 Å². The lowest BCUT2D eigenvalue weighted by Crippen LogP contribution is -2.38. The second-order valence-corrected chi connectivity index (χ2v) is 10.6. The zero-order valence-electron chi connectivity index (χ0n) is 21.1. The zero-order chi connectivity index (χ0) is 25.8. The SMILES string of the molecule is Cc1ccc2c(c1)c1nnc(SC(C)C(=O)NCCCN3CCOCC3)nc1n2Cc1ccccc1F. The van der Waals surface area contributed by atoms with Gasteiger partial charge in [-0.15, -0.1) is 10.2 Å². The number of halogens is 1.